The third-order valence-corrected chi connectivity index (χ3v) is 5.03. The Labute approximate surface area is 153 Å². The lowest BCUT2D eigenvalue weighted by Gasteiger charge is -2.16. The highest BCUT2D eigenvalue weighted by Crippen LogP contribution is 2.16. The number of amides is 2. The van der Waals surface area contributed by atoms with E-state index >= 15 is 0 Å². The molecule has 0 saturated carbocycles. The van der Waals surface area contributed by atoms with Crippen molar-refractivity contribution in [3.8, 4) is 0 Å². The van der Waals surface area contributed by atoms with Crippen LogP contribution in [0.15, 0.2) is 42.7 Å². The van der Waals surface area contributed by atoms with E-state index in [0.717, 1.165) is 10.7 Å². The van der Waals surface area contributed by atoms with Gasteiger partial charge in [0.25, 0.3) is 0 Å². The Bertz CT molecular complexity index is 820. The van der Waals surface area contributed by atoms with Crippen molar-refractivity contribution in [3.63, 3.8) is 0 Å². The SMILES string of the molecule is C[C@H](CCn1cccn1)NC(=O)Nc1cccc(NS(=O)(=O)N(C)C)c1. The Hall–Kier alpha value is -2.59. The van der Waals surface area contributed by atoms with Gasteiger partial charge in [-0.15, -0.1) is 0 Å². The molecule has 1 aromatic heterocycles. The first kappa shape index (κ1) is 19.7. The molecule has 0 radical (unpaired) electrons. The summed E-state index contributed by atoms with van der Waals surface area (Å²) in [5.41, 5.74) is 0.851. The standard InChI is InChI=1S/C16H24N6O3S/c1-13(8-11-22-10-5-9-17-22)18-16(23)19-14-6-4-7-15(12-14)20-26(24,25)21(2)3/h4-7,9-10,12-13,20H,8,11H2,1-3H3,(H2,18,19,23)/t13-/m1/s1. The number of benzene rings is 1. The monoisotopic (exact) mass is 380 g/mol. The van der Waals surface area contributed by atoms with Gasteiger partial charge >= 0.3 is 16.2 Å². The first-order valence-electron chi connectivity index (χ1n) is 8.11. The van der Waals surface area contributed by atoms with Gasteiger partial charge < -0.3 is 10.6 Å². The molecule has 2 aromatic rings. The predicted octanol–water partition coefficient (Wildman–Crippen LogP) is 1.70. The molecule has 1 aromatic carbocycles. The quantitative estimate of drug-likeness (QED) is 0.648. The number of hydrogen-bond acceptors (Lipinski definition) is 4. The Morgan fingerprint density at radius 2 is 2.00 bits per heavy atom. The first-order valence-corrected chi connectivity index (χ1v) is 9.55. The van der Waals surface area contributed by atoms with E-state index in [1.54, 1.807) is 35.1 Å². The van der Waals surface area contributed by atoms with Crippen LogP contribution < -0.4 is 15.4 Å². The molecule has 0 spiro atoms. The molecule has 0 aliphatic heterocycles. The van der Waals surface area contributed by atoms with Gasteiger partial charge in [-0.2, -0.15) is 17.8 Å². The zero-order chi connectivity index (χ0) is 19.2. The fourth-order valence-electron chi connectivity index (χ4n) is 2.12. The number of urea groups is 1. The molecule has 1 heterocycles. The van der Waals surface area contributed by atoms with Crippen molar-refractivity contribution in [1.29, 1.82) is 0 Å². The van der Waals surface area contributed by atoms with Crippen LogP contribution in [0.5, 0.6) is 0 Å². The molecule has 0 aliphatic carbocycles. The number of carbonyl (C=O) groups excluding carboxylic acids is 1. The van der Waals surface area contributed by atoms with Crippen molar-refractivity contribution in [1.82, 2.24) is 19.4 Å². The predicted molar refractivity (Wildman–Crippen MR) is 101 cm³/mol. The van der Waals surface area contributed by atoms with Crippen molar-refractivity contribution >= 4 is 27.6 Å². The van der Waals surface area contributed by atoms with Crippen LogP contribution in [-0.4, -0.2) is 48.7 Å². The summed E-state index contributed by atoms with van der Waals surface area (Å²) in [5, 5.41) is 9.65. The van der Waals surface area contributed by atoms with Crippen molar-refractivity contribution in [2.24, 2.45) is 0 Å². The second kappa shape index (κ2) is 8.68. The van der Waals surface area contributed by atoms with Crippen LogP contribution in [0.2, 0.25) is 0 Å². The van der Waals surface area contributed by atoms with E-state index in [1.165, 1.54) is 14.1 Å². The maximum Gasteiger partial charge on any atom is 0.319 e. The zero-order valence-corrected chi connectivity index (χ0v) is 15.8. The molecule has 0 bridgehead atoms. The van der Waals surface area contributed by atoms with Crippen LogP contribution >= 0.6 is 0 Å². The summed E-state index contributed by atoms with van der Waals surface area (Å²) in [6.07, 6.45) is 4.31. The van der Waals surface area contributed by atoms with Crippen LogP contribution in [0.1, 0.15) is 13.3 Å². The number of rotatable bonds is 8. The second-order valence-electron chi connectivity index (χ2n) is 6.03. The normalized spacial score (nSPS) is 12.6. The van der Waals surface area contributed by atoms with E-state index in [-0.39, 0.29) is 12.1 Å². The van der Waals surface area contributed by atoms with Gasteiger partial charge in [0.05, 0.1) is 5.69 Å². The highest BCUT2D eigenvalue weighted by atomic mass is 32.2. The molecular formula is C16H24N6O3S. The smallest absolute Gasteiger partial charge is 0.319 e. The van der Waals surface area contributed by atoms with E-state index < -0.39 is 10.2 Å². The van der Waals surface area contributed by atoms with E-state index in [4.69, 9.17) is 0 Å². The minimum atomic E-state index is -3.60. The molecule has 1 atom stereocenters. The molecule has 3 N–H and O–H groups in total. The highest BCUT2D eigenvalue weighted by Gasteiger charge is 2.13. The zero-order valence-electron chi connectivity index (χ0n) is 15.0. The number of anilines is 2. The number of aromatic nitrogens is 2. The molecule has 2 amide bonds. The molecule has 2 rings (SSSR count). The van der Waals surface area contributed by atoms with Gasteiger partial charge in [0.2, 0.25) is 0 Å². The van der Waals surface area contributed by atoms with E-state index in [0.29, 0.717) is 17.9 Å². The van der Waals surface area contributed by atoms with Gasteiger partial charge in [-0.05, 0) is 37.6 Å². The Morgan fingerprint density at radius 1 is 1.27 bits per heavy atom. The lowest BCUT2D eigenvalue weighted by molar-refractivity contribution is 0.248. The summed E-state index contributed by atoms with van der Waals surface area (Å²) in [4.78, 5) is 12.1. The van der Waals surface area contributed by atoms with Crippen LogP contribution in [0.4, 0.5) is 16.2 Å². The van der Waals surface area contributed by atoms with E-state index in [1.807, 2.05) is 19.2 Å². The van der Waals surface area contributed by atoms with Crippen molar-refractivity contribution < 1.29 is 13.2 Å². The lowest BCUT2D eigenvalue weighted by Crippen LogP contribution is -2.36. The van der Waals surface area contributed by atoms with Gasteiger partial charge in [-0.1, -0.05) is 6.07 Å². The summed E-state index contributed by atoms with van der Waals surface area (Å²) in [6, 6.07) is 7.94. The van der Waals surface area contributed by atoms with Crippen molar-refractivity contribution in [2.45, 2.75) is 25.9 Å². The summed E-state index contributed by atoms with van der Waals surface area (Å²) in [7, 11) is -0.731. The average molecular weight is 380 g/mol. The summed E-state index contributed by atoms with van der Waals surface area (Å²) in [5.74, 6) is 0. The largest absolute Gasteiger partial charge is 0.335 e. The third kappa shape index (κ3) is 6.05. The maximum absolute atomic E-state index is 12.1. The molecular weight excluding hydrogens is 356 g/mol. The van der Waals surface area contributed by atoms with Gasteiger partial charge in [-0.25, -0.2) is 4.79 Å². The molecule has 142 valence electrons. The summed E-state index contributed by atoms with van der Waals surface area (Å²) >= 11 is 0. The van der Waals surface area contributed by atoms with Crippen LogP contribution in [-0.2, 0) is 16.8 Å². The molecule has 0 saturated heterocycles. The minimum absolute atomic E-state index is 0.0466. The molecule has 0 unspecified atom stereocenters. The third-order valence-electron chi connectivity index (χ3n) is 3.58. The summed E-state index contributed by atoms with van der Waals surface area (Å²) in [6.45, 7) is 2.61. The highest BCUT2D eigenvalue weighted by molar-refractivity contribution is 7.90. The minimum Gasteiger partial charge on any atom is -0.335 e. The van der Waals surface area contributed by atoms with Crippen LogP contribution in [0, 0.1) is 0 Å². The van der Waals surface area contributed by atoms with Gasteiger partial charge in [0.15, 0.2) is 0 Å². The lowest BCUT2D eigenvalue weighted by atomic mass is 10.2. The molecule has 0 fully saturated rings. The van der Waals surface area contributed by atoms with Crippen molar-refractivity contribution in [3.05, 3.63) is 42.7 Å². The number of aryl methyl sites for hydroxylation is 1. The number of nitrogens with zero attached hydrogens (tertiary/aromatic N) is 3. The van der Waals surface area contributed by atoms with Gasteiger partial charge in [0.1, 0.15) is 0 Å². The maximum atomic E-state index is 12.1. The average Bonchev–Trinajstić information content (AvgIpc) is 3.06. The van der Waals surface area contributed by atoms with E-state index in [2.05, 4.69) is 20.5 Å². The Balaban J connectivity index is 1.87. The number of hydrogen-bond donors (Lipinski definition) is 3. The van der Waals surface area contributed by atoms with E-state index in [9.17, 15) is 13.2 Å². The fourth-order valence-corrected chi connectivity index (χ4v) is 2.73. The molecule has 0 aliphatic rings. The number of carbonyl (C=O) groups is 1. The molecule has 9 nitrogen and oxygen atoms in total. The van der Waals surface area contributed by atoms with Gasteiger partial charge in [-0.3, -0.25) is 9.40 Å². The van der Waals surface area contributed by atoms with Crippen molar-refractivity contribution in [2.75, 3.05) is 24.1 Å². The summed E-state index contributed by atoms with van der Waals surface area (Å²) < 4.78 is 29.0. The fraction of sp³-hybridized carbons (Fsp3) is 0.375. The molecule has 10 heteroatoms. The molecule has 26 heavy (non-hydrogen) atoms. The van der Waals surface area contributed by atoms with Gasteiger partial charge in [0, 0.05) is 44.8 Å². The first-order chi connectivity index (χ1) is 12.3. The van der Waals surface area contributed by atoms with Crippen LogP contribution in [0.3, 0.4) is 0 Å². The Morgan fingerprint density at radius 3 is 2.65 bits per heavy atom. The van der Waals surface area contributed by atoms with Crippen LogP contribution in [0.25, 0.3) is 0 Å². The number of nitrogens with one attached hydrogen (secondary N) is 3. The topological polar surface area (TPSA) is 108 Å². The second-order valence-corrected chi connectivity index (χ2v) is 7.91. The Kier molecular flexibility index (Phi) is 6.58.